The Hall–Kier alpha value is -0.820. The van der Waals surface area contributed by atoms with Crippen LogP contribution in [0, 0.1) is 0 Å². The van der Waals surface area contributed by atoms with E-state index in [2.05, 4.69) is 10.1 Å². The second-order valence-electron chi connectivity index (χ2n) is 3.05. The molecule has 14 heavy (non-hydrogen) atoms. The lowest BCUT2D eigenvalue weighted by molar-refractivity contribution is -0.204. The highest BCUT2D eigenvalue weighted by molar-refractivity contribution is 5.75. The minimum Gasteiger partial charge on any atom is -0.454 e. The zero-order chi connectivity index (χ0) is 10.8. The van der Waals surface area contributed by atoms with Crippen LogP contribution < -0.4 is 5.32 Å². The SMILES string of the molecule is O=C(O[C@H]1CN[C@H](CO)C1)C(F)(F)F. The third kappa shape index (κ3) is 2.85. The molecule has 4 nitrogen and oxygen atoms in total. The summed E-state index contributed by atoms with van der Waals surface area (Å²) in [6.45, 7) is -0.0346. The van der Waals surface area contributed by atoms with E-state index in [4.69, 9.17) is 5.11 Å². The smallest absolute Gasteiger partial charge is 0.454 e. The van der Waals surface area contributed by atoms with Gasteiger partial charge in [-0.25, -0.2) is 4.79 Å². The highest BCUT2D eigenvalue weighted by Crippen LogP contribution is 2.19. The van der Waals surface area contributed by atoms with Gasteiger partial charge in [0, 0.05) is 19.0 Å². The number of nitrogens with one attached hydrogen (secondary N) is 1. The summed E-state index contributed by atoms with van der Waals surface area (Å²) < 4.78 is 39.4. The van der Waals surface area contributed by atoms with Crippen LogP contribution in [-0.2, 0) is 9.53 Å². The first-order chi connectivity index (χ1) is 6.43. The van der Waals surface area contributed by atoms with Crippen molar-refractivity contribution in [3.8, 4) is 0 Å². The van der Waals surface area contributed by atoms with Gasteiger partial charge in [0.2, 0.25) is 0 Å². The molecular formula is C7H10F3NO3. The normalized spacial score (nSPS) is 27.7. The Labute approximate surface area is 78.0 Å². The van der Waals surface area contributed by atoms with E-state index in [0.29, 0.717) is 0 Å². The maximum atomic E-state index is 11.7. The van der Waals surface area contributed by atoms with Crippen molar-refractivity contribution in [2.45, 2.75) is 24.7 Å². The van der Waals surface area contributed by atoms with Gasteiger partial charge in [-0.3, -0.25) is 0 Å². The van der Waals surface area contributed by atoms with Crippen molar-refractivity contribution in [2.75, 3.05) is 13.2 Å². The molecule has 0 aromatic rings. The van der Waals surface area contributed by atoms with Crippen LogP contribution in [-0.4, -0.2) is 42.5 Å². The monoisotopic (exact) mass is 213 g/mol. The van der Waals surface area contributed by atoms with Crippen LogP contribution >= 0.6 is 0 Å². The molecule has 1 aliphatic heterocycles. The topological polar surface area (TPSA) is 58.6 Å². The van der Waals surface area contributed by atoms with Gasteiger partial charge in [-0.1, -0.05) is 0 Å². The van der Waals surface area contributed by atoms with E-state index in [0.717, 1.165) is 0 Å². The molecule has 1 fully saturated rings. The quantitative estimate of drug-likeness (QED) is 0.624. The number of hydrogen-bond donors (Lipinski definition) is 2. The fourth-order valence-corrected chi connectivity index (χ4v) is 1.23. The average molecular weight is 213 g/mol. The molecule has 0 spiro atoms. The van der Waals surface area contributed by atoms with Crippen LogP contribution in [0.15, 0.2) is 0 Å². The van der Waals surface area contributed by atoms with Crippen LogP contribution in [0.4, 0.5) is 13.2 Å². The van der Waals surface area contributed by atoms with E-state index in [1.54, 1.807) is 0 Å². The minimum atomic E-state index is -4.95. The fraction of sp³-hybridized carbons (Fsp3) is 0.857. The molecule has 0 radical (unpaired) electrons. The summed E-state index contributed by atoms with van der Waals surface area (Å²) in [5, 5.41) is 11.4. The van der Waals surface area contributed by atoms with Crippen LogP contribution in [0.5, 0.6) is 0 Å². The molecule has 0 bridgehead atoms. The number of ether oxygens (including phenoxy) is 1. The molecule has 1 rings (SSSR count). The van der Waals surface area contributed by atoms with Crippen LogP contribution in [0.3, 0.4) is 0 Å². The van der Waals surface area contributed by atoms with Crippen molar-refractivity contribution >= 4 is 5.97 Å². The average Bonchev–Trinajstić information content (AvgIpc) is 2.50. The van der Waals surface area contributed by atoms with Gasteiger partial charge in [0.25, 0.3) is 0 Å². The summed E-state index contributed by atoms with van der Waals surface area (Å²) in [6, 6.07) is -0.291. The Morgan fingerprint density at radius 1 is 1.57 bits per heavy atom. The second-order valence-corrected chi connectivity index (χ2v) is 3.05. The second kappa shape index (κ2) is 4.14. The first-order valence-electron chi connectivity index (χ1n) is 4.05. The number of esters is 1. The third-order valence-corrected chi connectivity index (χ3v) is 1.91. The van der Waals surface area contributed by atoms with Crippen molar-refractivity contribution in [1.82, 2.24) is 5.32 Å². The largest absolute Gasteiger partial charge is 0.490 e. The molecule has 0 unspecified atom stereocenters. The molecule has 7 heteroatoms. The standard InChI is InChI=1S/C7H10F3NO3/c8-7(9,10)6(13)14-5-1-4(3-12)11-2-5/h4-5,11-12H,1-3H2/t4-,5+/m0/s1. The lowest BCUT2D eigenvalue weighted by atomic mass is 10.2. The molecule has 1 heterocycles. The number of carbonyl (C=O) groups excluding carboxylic acids is 1. The van der Waals surface area contributed by atoms with E-state index in [1.807, 2.05) is 0 Å². The van der Waals surface area contributed by atoms with E-state index in [9.17, 15) is 18.0 Å². The Kier molecular flexibility index (Phi) is 3.33. The predicted octanol–water partition coefficient (Wildman–Crippen LogP) is -0.185. The number of carbonyl (C=O) groups is 1. The number of aliphatic hydroxyl groups excluding tert-OH is 1. The van der Waals surface area contributed by atoms with Crippen LogP contribution in [0.1, 0.15) is 6.42 Å². The van der Waals surface area contributed by atoms with Gasteiger partial charge < -0.3 is 15.2 Å². The molecule has 82 valence electrons. The fourth-order valence-electron chi connectivity index (χ4n) is 1.23. The highest BCUT2D eigenvalue weighted by atomic mass is 19.4. The summed E-state index contributed by atoms with van der Waals surface area (Å²) >= 11 is 0. The van der Waals surface area contributed by atoms with Gasteiger partial charge in [0.05, 0.1) is 6.61 Å². The molecule has 2 atom stereocenters. The molecule has 0 amide bonds. The first kappa shape index (κ1) is 11.3. The molecule has 1 saturated heterocycles. The van der Waals surface area contributed by atoms with Gasteiger partial charge in [0.15, 0.2) is 0 Å². The summed E-state index contributed by atoms with van der Waals surface area (Å²) in [5.41, 5.74) is 0. The summed E-state index contributed by atoms with van der Waals surface area (Å²) in [4.78, 5) is 10.4. The van der Waals surface area contributed by atoms with Crippen molar-refractivity contribution < 1.29 is 27.8 Å². The summed E-state index contributed by atoms with van der Waals surface area (Å²) in [5.74, 6) is -2.18. The number of alkyl halides is 3. The first-order valence-corrected chi connectivity index (χ1v) is 4.05. The van der Waals surface area contributed by atoms with Gasteiger partial charge >= 0.3 is 12.1 Å². The summed E-state index contributed by atoms with van der Waals surface area (Å²) in [6.07, 6.45) is -5.54. The molecule has 0 saturated carbocycles. The maximum absolute atomic E-state index is 11.7. The van der Waals surface area contributed by atoms with Crippen molar-refractivity contribution in [3.63, 3.8) is 0 Å². The zero-order valence-electron chi connectivity index (χ0n) is 7.17. The van der Waals surface area contributed by atoms with Gasteiger partial charge in [-0.05, 0) is 0 Å². The lowest BCUT2D eigenvalue weighted by Gasteiger charge is -2.12. The number of halogens is 3. The molecule has 1 aliphatic rings. The van der Waals surface area contributed by atoms with Gasteiger partial charge in [-0.2, -0.15) is 13.2 Å². The predicted molar refractivity (Wildman–Crippen MR) is 39.4 cm³/mol. The van der Waals surface area contributed by atoms with Gasteiger partial charge in [-0.15, -0.1) is 0 Å². The molecule has 2 N–H and O–H groups in total. The van der Waals surface area contributed by atoms with Crippen molar-refractivity contribution in [2.24, 2.45) is 0 Å². The van der Waals surface area contributed by atoms with E-state index in [1.165, 1.54) is 0 Å². The Morgan fingerprint density at radius 3 is 2.64 bits per heavy atom. The lowest BCUT2D eigenvalue weighted by Crippen LogP contribution is -2.31. The number of aliphatic hydroxyl groups is 1. The van der Waals surface area contributed by atoms with E-state index < -0.39 is 18.2 Å². The highest BCUT2D eigenvalue weighted by Gasteiger charge is 2.43. The Balaban J connectivity index is 2.36. The van der Waals surface area contributed by atoms with Crippen molar-refractivity contribution in [3.05, 3.63) is 0 Å². The van der Waals surface area contributed by atoms with Gasteiger partial charge in [0.1, 0.15) is 6.10 Å². The van der Waals surface area contributed by atoms with E-state index in [-0.39, 0.29) is 25.6 Å². The van der Waals surface area contributed by atoms with Crippen molar-refractivity contribution in [1.29, 1.82) is 0 Å². The number of rotatable bonds is 2. The maximum Gasteiger partial charge on any atom is 0.490 e. The van der Waals surface area contributed by atoms with Crippen LogP contribution in [0.25, 0.3) is 0 Å². The minimum absolute atomic E-state index is 0.146. The molecule has 0 aromatic heterocycles. The van der Waals surface area contributed by atoms with E-state index >= 15 is 0 Å². The molecule has 0 aliphatic carbocycles. The summed E-state index contributed by atoms with van der Waals surface area (Å²) in [7, 11) is 0. The Morgan fingerprint density at radius 2 is 2.21 bits per heavy atom. The van der Waals surface area contributed by atoms with Crippen LogP contribution in [0.2, 0.25) is 0 Å². The molecular weight excluding hydrogens is 203 g/mol. The molecule has 0 aromatic carbocycles. The number of hydrogen-bond acceptors (Lipinski definition) is 4. The zero-order valence-corrected chi connectivity index (χ0v) is 7.17. The third-order valence-electron chi connectivity index (χ3n) is 1.91. The Bertz CT molecular complexity index is 219.